The van der Waals surface area contributed by atoms with Gasteiger partial charge in [0.05, 0.1) is 10.7 Å². The summed E-state index contributed by atoms with van der Waals surface area (Å²) in [5.41, 5.74) is 2.17. The van der Waals surface area contributed by atoms with Crippen LogP contribution in [0.1, 0.15) is 51.2 Å². The zero-order valence-electron chi connectivity index (χ0n) is 9.72. The highest BCUT2D eigenvalue weighted by Gasteiger charge is 2.65. The van der Waals surface area contributed by atoms with Crippen molar-refractivity contribution in [3.63, 3.8) is 0 Å². The van der Waals surface area contributed by atoms with Crippen LogP contribution in [-0.4, -0.2) is 4.98 Å². The Labute approximate surface area is 90.6 Å². The van der Waals surface area contributed by atoms with Crippen LogP contribution in [-0.2, 0) is 6.42 Å². The first-order chi connectivity index (χ1) is 6.41. The first-order valence-electron chi connectivity index (χ1n) is 5.35. The lowest BCUT2D eigenvalue weighted by Gasteiger charge is -2.03. The molecule has 0 atom stereocenters. The Kier molecular flexibility index (Phi) is 2.04. The summed E-state index contributed by atoms with van der Waals surface area (Å²) in [5.74, 6) is 0.659. The van der Waals surface area contributed by atoms with Crippen LogP contribution in [0.4, 0.5) is 0 Å². The van der Waals surface area contributed by atoms with E-state index in [1.807, 2.05) is 11.3 Å². The molecular weight excluding hydrogens is 190 g/mol. The van der Waals surface area contributed by atoms with Gasteiger partial charge < -0.3 is 0 Å². The normalized spacial score (nSPS) is 23.8. The first-order valence-corrected chi connectivity index (χ1v) is 6.23. The highest BCUT2D eigenvalue weighted by atomic mass is 32.1. The van der Waals surface area contributed by atoms with Crippen LogP contribution in [0.2, 0.25) is 0 Å². The number of nitrogens with zero attached hydrogens (tertiary/aromatic N) is 1. The molecule has 1 saturated carbocycles. The highest BCUT2D eigenvalue weighted by molar-refractivity contribution is 7.09. The standard InChI is InChI=1S/C12H19NS/c1-6-9-13-8(7-14-9)10-11(2,3)12(10,4)5/h7,10H,6H2,1-5H3. The molecule has 0 unspecified atom stereocenters. The minimum atomic E-state index is 0.423. The second kappa shape index (κ2) is 2.82. The second-order valence-corrected chi connectivity index (χ2v) is 6.34. The molecule has 0 radical (unpaired) electrons. The number of rotatable bonds is 2. The van der Waals surface area contributed by atoms with Gasteiger partial charge in [-0.3, -0.25) is 0 Å². The van der Waals surface area contributed by atoms with E-state index in [4.69, 9.17) is 4.98 Å². The van der Waals surface area contributed by atoms with Crippen LogP contribution in [0.15, 0.2) is 5.38 Å². The summed E-state index contributed by atoms with van der Waals surface area (Å²) in [6, 6.07) is 0. The Morgan fingerprint density at radius 3 is 2.21 bits per heavy atom. The Balaban J connectivity index is 2.27. The summed E-state index contributed by atoms with van der Waals surface area (Å²) in [6.45, 7) is 11.6. The van der Waals surface area contributed by atoms with Gasteiger partial charge in [-0.15, -0.1) is 11.3 Å². The lowest BCUT2D eigenvalue weighted by atomic mass is 10.0. The minimum absolute atomic E-state index is 0.423. The fourth-order valence-electron chi connectivity index (χ4n) is 2.56. The van der Waals surface area contributed by atoms with Crippen LogP contribution in [0, 0.1) is 10.8 Å². The third-order valence-corrected chi connectivity index (χ3v) is 5.20. The molecule has 1 aliphatic rings. The van der Waals surface area contributed by atoms with Crippen LogP contribution in [0.3, 0.4) is 0 Å². The molecule has 1 nitrogen and oxygen atoms in total. The van der Waals surface area contributed by atoms with E-state index in [2.05, 4.69) is 40.0 Å². The largest absolute Gasteiger partial charge is 0.246 e. The summed E-state index contributed by atoms with van der Waals surface area (Å²) in [5, 5.41) is 3.53. The number of aromatic nitrogens is 1. The topological polar surface area (TPSA) is 12.9 Å². The van der Waals surface area contributed by atoms with Gasteiger partial charge >= 0.3 is 0 Å². The lowest BCUT2D eigenvalue weighted by Crippen LogP contribution is -1.95. The molecule has 1 aliphatic carbocycles. The van der Waals surface area contributed by atoms with E-state index in [0.717, 1.165) is 6.42 Å². The molecule has 1 aromatic rings. The first kappa shape index (κ1) is 10.2. The van der Waals surface area contributed by atoms with E-state index in [0.29, 0.717) is 16.7 Å². The molecule has 1 aromatic heterocycles. The van der Waals surface area contributed by atoms with E-state index >= 15 is 0 Å². The molecule has 1 heterocycles. The summed E-state index contributed by atoms with van der Waals surface area (Å²) >= 11 is 1.81. The Morgan fingerprint density at radius 2 is 1.86 bits per heavy atom. The molecule has 2 rings (SSSR count). The molecule has 0 N–H and O–H groups in total. The molecule has 2 heteroatoms. The molecule has 1 fully saturated rings. The van der Waals surface area contributed by atoms with Gasteiger partial charge in [0.2, 0.25) is 0 Å². The van der Waals surface area contributed by atoms with E-state index < -0.39 is 0 Å². The SMILES string of the molecule is CCc1nc(C2C(C)(C)C2(C)C)cs1. The van der Waals surface area contributed by atoms with Gasteiger partial charge in [-0.1, -0.05) is 34.6 Å². The summed E-state index contributed by atoms with van der Waals surface area (Å²) in [4.78, 5) is 4.70. The smallest absolute Gasteiger partial charge is 0.0925 e. The molecule has 0 bridgehead atoms. The molecular formula is C12H19NS. The number of aryl methyl sites for hydroxylation is 1. The Hall–Kier alpha value is -0.370. The quantitative estimate of drug-likeness (QED) is 0.721. The molecule has 0 aliphatic heterocycles. The van der Waals surface area contributed by atoms with Crippen molar-refractivity contribution in [2.75, 3.05) is 0 Å². The summed E-state index contributed by atoms with van der Waals surface area (Å²) in [6.07, 6.45) is 1.07. The second-order valence-electron chi connectivity index (χ2n) is 5.40. The maximum atomic E-state index is 4.70. The van der Waals surface area contributed by atoms with Crippen LogP contribution >= 0.6 is 11.3 Å². The Morgan fingerprint density at radius 1 is 1.29 bits per heavy atom. The van der Waals surface area contributed by atoms with E-state index in [9.17, 15) is 0 Å². The van der Waals surface area contributed by atoms with Crippen LogP contribution in [0.5, 0.6) is 0 Å². The van der Waals surface area contributed by atoms with E-state index in [1.54, 1.807) is 0 Å². The van der Waals surface area contributed by atoms with Crippen molar-refractivity contribution in [3.8, 4) is 0 Å². The number of hydrogen-bond donors (Lipinski definition) is 0. The van der Waals surface area contributed by atoms with Gasteiger partial charge in [-0.25, -0.2) is 4.98 Å². The van der Waals surface area contributed by atoms with Gasteiger partial charge in [-0.05, 0) is 17.3 Å². The molecule has 0 spiro atoms. The van der Waals surface area contributed by atoms with Crippen molar-refractivity contribution in [1.29, 1.82) is 0 Å². The van der Waals surface area contributed by atoms with Gasteiger partial charge in [0.1, 0.15) is 0 Å². The van der Waals surface area contributed by atoms with Gasteiger partial charge in [0.25, 0.3) is 0 Å². The molecule has 14 heavy (non-hydrogen) atoms. The predicted octanol–water partition coefficient (Wildman–Crippen LogP) is 3.86. The van der Waals surface area contributed by atoms with Crippen LogP contribution < -0.4 is 0 Å². The van der Waals surface area contributed by atoms with Gasteiger partial charge in [0.15, 0.2) is 0 Å². The highest BCUT2D eigenvalue weighted by Crippen LogP contribution is 2.73. The average molecular weight is 209 g/mol. The van der Waals surface area contributed by atoms with Crippen molar-refractivity contribution >= 4 is 11.3 Å². The van der Waals surface area contributed by atoms with Crippen LogP contribution in [0.25, 0.3) is 0 Å². The molecule has 0 saturated heterocycles. The van der Waals surface area contributed by atoms with Crippen molar-refractivity contribution in [2.24, 2.45) is 10.8 Å². The maximum absolute atomic E-state index is 4.70. The summed E-state index contributed by atoms with van der Waals surface area (Å²) < 4.78 is 0. The van der Waals surface area contributed by atoms with Gasteiger partial charge in [0, 0.05) is 11.3 Å². The van der Waals surface area contributed by atoms with Gasteiger partial charge in [-0.2, -0.15) is 0 Å². The monoisotopic (exact) mass is 209 g/mol. The van der Waals surface area contributed by atoms with E-state index in [-0.39, 0.29) is 0 Å². The fraction of sp³-hybridized carbons (Fsp3) is 0.750. The molecule has 0 amide bonds. The van der Waals surface area contributed by atoms with Crippen molar-refractivity contribution in [3.05, 3.63) is 16.1 Å². The van der Waals surface area contributed by atoms with Crippen molar-refractivity contribution in [1.82, 2.24) is 4.98 Å². The summed E-state index contributed by atoms with van der Waals surface area (Å²) in [7, 11) is 0. The van der Waals surface area contributed by atoms with Crippen molar-refractivity contribution in [2.45, 2.75) is 47.0 Å². The van der Waals surface area contributed by atoms with E-state index in [1.165, 1.54) is 10.7 Å². The zero-order chi connectivity index (χ0) is 10.6. The maximum Gasteiger partial charge on any atom is 0.0925 e. The fourth-order valence-corrected chi connectivity index (χ4v) is 3.33. The lowest BCUT2D eigenvalue weighted by molar-refractivity contribution is 0.457. The predicted molar refractivity (Wildman–Crippen MR) is 61.8 cm³/mol. The third kappa shape index (κ3) is 1.16. The molecule has 78 valence electrons. The Bertz CT molecular complexity index is 335. The third-order valence-electron chi connectivity index (χ3n) is 4.19. The van der Waals surface area contributed by atoms with Crippen molar-refractivity contribution < 1.29 is 0 Å². The number of hydrogen-bond acceptors (Lipinski definition) is 2. The zero-order valence-corrected chi connectivity index (χ0v) is 10.5. The minimum Gasteiger partial charge on any atom is -0.246 e. The number of thiazole rings is 1. The average Bonchev–Trinajstić information content (AvgIpc) is 2.51. The molecule has 0 aromatic carbocycles.